The summed E-state index contributed by atoms with van der Waals surface area (Å²) in [5, 5.41) is 29.0. The fourth-order valence-electron chi connectivity index (χ4n) is 4.13. The van der Waals surface area contributed by atoms with Crippen LogP contribution in [0, 0.1) is 6.92 Å². The average Bonchev–Trinajstić information content (AvgIpc) is 4.09. The second-order valence-electron chi connectivity index (χ2n) is 15.7. The van der Waals surface area contributed by atoms with Gasteiger partial charge in [-0.05, 0) is 54.4 Å². The third-order valence-electron chi connectivity index (χ3n) is 6.32. The highest BCUT2D eigenvalue weighted by Crippen LogP contribution is 2.28. The third kappa shape index (κ3) is 103. The lowest BCUT2D eigenvalue weighted by Crippen LogP contribution is -1.98. The largest absolute Gasteiger partial charge is 0.569 e. The molecule has 0 amide bonds. The number of aromatic hydroxyl groups is 2. The molecule has 1 radical (unpaired) electrons. The first-order chi connectivity index (χ1) is 39.8. The zero-order valence-corrected chi connectivity index (χ0v) is 60.1. The lowest BCUT2D eigenvalue weighted by atomic mass is 10.1. The molecule has 0 aliphatic carbocycles. The van der Waals surface area contributed by atoms with Crippen LogP contribution in [0.15, 0.2) is 162 Å². The Morgan fingerprint density at radius 1 is 0.310 bits per heavy atom. The fraction of sp³-hybridized carbons (Fsp3) is 0.556. The van der Waals surface area contributed by atoms with Crippen LogP contribution in [0.3, 0.4) is 0 Å². The fourth-order valence-corrected chi connectivity index (χ4v) is 4.13. The molecule has 3 N–H and O–H groups in total. The van der Waals surface area contributed by atoms with E-state index < -0.39 is 0 Å². The number of hydrogen-bond acceptors (Lipinski definition) is 5. The van der Waals surface area contributed by atoms with Gasteiger partial charge >= 0.3 is 7.69 Å². The van der Waals surface area contributed by atoms with Crippen molar-refractivity contribution in [3.05, 3.63) is 163 Å². The Morgan fingerprint density at radius 3 is 0.793 bits per heavy atom. The first-order valence-corrected chi connectivity index (χ1v) is 32.4. The summed E-state index contributed by atoms with van der Waals surface area (Å²) in [4.78, 5) is 0. The number of phenols is 2. The molecular formula is C81H160BO5. The number of aryl methyl sites for hydroxylation is 1. The number of benzene rings is 6. The Kier molecular flexibility index (Phi) is 190. The van der Waals surface area contributed by atoms with Gasteiger partial charge < -0.3 is 24.3 Å². The minimum atomic E-state index is 0. The summed E-state index contributed by atoms with van der Waals surface area (Å²) in [5.41, 5.74) is 4.77. The van der Waals surface area contributed by atoms with E-state index in [2.05, 4.69) is 141 Å². The summed E-state index contributed by atoms with van der Waals surface area (Å²) in [7, 11) is 0.662. The van der Waals surface area contributed by atoms with Crippen LogP contribution in [0.25, 0.3) is 33.1 Å². The molecule has 1 heterocycles. The van der Waals surface area contributed by atoms with Crippen LogP contribution in [0.5, 0.6) is 17.2 Å². The molecule has 0 saturated carbocycles. The summed E-state index contributed by atoms with van der Waals surface area (Å²) in [6.45, 7) is 64.1. The van der Waals surface area contributed by atoms with Crippen molar-refractivity contribution < 1.29 is 24.3 Å². The normalized spacial score (nSPS) is 7.13. The van der Waals surface area contributed by atoms with Crippen molar-refractivity contribution in [2.24, 2.45) is 0 Å². The van der Waals surface area contributed by atoms with Crippen molar-refractivity contribution in [1.29, 1.82) is 0 Å². The predicted octanol–water partition coefficient (Wildman–Crippen LogP) is 31.0. The number of para-hydroxylation sites is 5. The molecule has 5 nitrogen and oxygen atoms in total. The van der Waals surface area contributed by atoms with Gasteiger partial charge in [0.2, 0.25) is 0 Å². The second-order valence-corrected chi connectivity index (χ2v) is 15.7. The molecule has 7 rings (SSSR count). The first kappa shape index (κ1) is 127. The van der Waals surface area contributed by atoms with Crippen LogP contribution >= 0.6 is 0 Å². The number of fused-ring (bicyclic) bond motifs is 3. The topological polar surface area (TPSA) is 83.1 Å². The van der Waals surface area contributed by atoms with Crippen molar-refractivity contribution in [2.45, 2.75) is 310 Å². The average molecular weight is 1220 g/mol. The van der Waals surface area contributed by atoms with E-state index in [-0.39, 0.29) is 37.1 Å². The zero-order chi connectivity index (χ0) is 66.6. The SMILES string of the molecule is C.C.C.C.C.CC.CC.CC.CC.CC.CC.CCC.CCC.CCC.CCC.CCC.CCC.CCC.CCC.CCC.Cc1ccccc1O.O[B]Oc1ccccc1.Oc1ccccc1-c1ccccc1.c1ccc2c(c1)oc1ccccc12. The molecule has 0 saturated heterocycles. The van der Waals surface area contributed by atoms with E-state index in [0.717, 1.165) is 27.9 Å². The van der Waals surface area contributed by atoms with Crippen molar-refractivity contribution in [2.75, 3.05) is 0 Å². The van der Waals surface area contributed by atoms with Crippen LogP contribution < -0.4 is 4.65 Å². The molecule has 0 atom stereocenters. The molecule has 0 bridgehead atoms. The Bertz CT molecular complexity index is 1880. The molecule has 6 aromatic carbocycles. The molecule has 0 aliphatic rings. The molecule has 1 aromatic heterocycles. The van der Waals surface area contributed by atoms with E-state index in [4.69, 9.17) is 14.5 Å². The molecule has 87 heavy (non-hydrogen) atoms. The molecular weight excluding hydrogens is 1060 g/mol. The molecule has 7 aromatic rings. The van der Waals surface area contributed by atoms with Crippen LogP contribution in [0.1, 0.15) is 308 Å². The molecule has 517 valence electrons. The predicted molar refractivity (Wildman–Crippen MR) is 421 cm³/mol. The van der Waals surface area contributed by atoms with Gasteiger partial charge in [0.05, 0.1) is 5.75 Å². The minimum absolute atomic E-state index is 0. The molecule has 0 unspecified atom stereocenters. The van der Waals surface area contributed by atoms with Crippen molar-refractivity contribution in [1.82, 2.24) is 0 Å². The first-order valence-electron chi connectivity index (χ1n) is 32.4. The van der Waals surface area contributed by atoms with Gasteiger partial charge in [-0.2, -0.15) is 0 Å². The second kappa shape index (κ2) is 130. The van der Waals surface area contributed by atoms with Gasteiger partial charge in [0.1, 0.15) is 22.7 Å². The highest BCUT2D eigenvalue weighted by Gasteiger charge is 2.03. The van der Waals surface area contributed by atoms with Crippen LogP contribution in [0.4, 0.5) is 0 Å². The van der Waals surface area contributed by atoms with Gasteiger partial charge in [0.25, 0.3) is 0 Å². The summed E-state index contributed by atoms with van der Waals surface area (Å²) in [6.07, 6.45) is 11.2. The van der Waals surface area contributed by atoms with E-state index in [1.54, 1.807) is 24.3 Å². The van der Waals surface area contributed by atoms with Crippen molar-refractivity contribution in [3.63, 3.8) is 0 Å². The van der Waals surface area contributed by atoms with E-state index in [1.165, 1.54) is 68.6 Å². The lowest BCUT2D eigenvalue weighted by molar-refractivity contribution is 0.454. The number of hydrogen-bond donors (Lipinski definition) is 3. The maximum Gasteiger partial charge on any atom is 0.569 e. The smallest absolute Gasteiger partial charge is 0.537 e. The quantitative estimate of drug-likeness (QED) is 0.154. The summed E-state index contributed by atoms with van der Waals surface area (Å²) in [5.74, 6) is 1.33. The third-order valence-corrected chi connectivity index (χ3v) is 6.32. The van der Waals surface area contributed by atoms with Crippen LogP contribution in [-0.4, -0.2) is 22.9 Å². The van der Waals surface area contributed by atoms with Crippen molar-refractivity contribution in [3.8, 4) is 28.4 Å². The molecule has 6 heteroatoms. The van der Waals surface area contributed by atoms with Gasteiger partial charge in [-0.3, -0.25) is 0 Å². The summed E-state index contributed by atoms with van der Waals surface area (Å²) < 4.78 is 10.3. The molecule has 0 spiro atoms. The minimum Gasteiger partial charge on any atom is -0.537 e. The Hall–Kier alpha value is -5.46. The van der Waals surface area contributed by atoms with Gasteiger partial charge in [0.15, 0.2) is 0 Å². The Morgan fingerprint density at radius 2 is 0.540 bits per heavy atom. The van der Waals surface area contributed by atoms with E-state index in [0.29, 0.717) is 24.9 Å². The van der Waals surface area contributed by atoms with Gasteiger partial charge in [-0.15, -0.1) is 0 Å². The summed E-state index contributed by atoms with van der Waals surface area (Å²) in [6, 6.07) is 49.7. The lowest BCUT2D eigenvalue weighted by Gasteiger charge is -2.02. The van der Waals surface area contributed by atoms with Crippen LogP contribution in [0.2, 0.25) is 0 Å². The molecule has 0 aliphatic heterocycles. The summed E-state index contributed by atoms with van der Waals surface area (Å²) >= 11 is 0. The highest BCUT2D eigenvalue weighted by molar-refractivity contribution is 6.17. The van der Waals surface area contributed by atoms with E-state index >= 15 is 0 Å². The maximum atomic E-state index is 9.56. The Labute approximate surface area is 552 Å². The number of rotatable bonds is 3. The maximum absolute atomic E-state index is 9.56. The van der Waals surface area contributed by atoms with E-state index in [1.807, 2.05) is 211 Å². The van der Waals surface area contributed by atoms with E-state index in [9.17, 15) is 5.11 Å². The zero-order valence-electron chi connectivity index (χ0n) is 60.1. The number of phenolic OH excluding ortho intramolecular Hbond substituents is 2. The number of furan rings is 1. The Balaban J connectivity index is -0.0000000417. The van der Waals surface area contributed by atoms with Crippen molar-refractivity contribution >= 4 is 29.6 Å². The highest BCUT2D eigenvalue weighted by atomic mass is 16.5. The van der Waals surface area contributed by atoms with Gasteiger partial charge in [0, 0.05) is 16.3 Å². The standard InChI is InChI=1S/C12H8O.C12H10O.C7H8O.C6H6BO2.9C3H8.6C2H6.5CH4/c1-3-7-11-9(5-1)10-6-2-4-8-12(10)13-11;13-12-9-5-4-8-11(12)10-6-2-1-3-7-10;1-6-4-2-3-5-7(6)8;8-7-9-6-4-2-1-3-5-6;9*1-3-2;6*1-2;;;;;/h1-8H;1-9,13H;2-5,8H,1H3;1-5,8H;9*3H2,1-2H3;6*1-2H3;5*1H4. The van der Waals surface area contributed by atoms with Crippen LogP contribution in [-0.2, 0) is 0 Å². The molecule has 0 fully saturated rings. The monoisotopic (exact) mass is 1220 g/mol. The van der Waals surface area contributed by atoms with Gasteiger partial charge in [-0.25, -0.2) is 0 Å². The van der Waals surface area contributed by atoms with Gasteiger partial charge in [-0.1, -0.05) is 424 Å².